The molecular weight excluding hydrogens is 170 g/mol. The summed E-state index contributed by atoms with van der Waals surface area (Å²) >= 11 is 0. The van der Waals surface area contributed by atoms with Crippen LogP contribution in [0, 0.1) is 5.92 Å². The fourth-order valence-electron chi connectivity index (χ4n) is 1.77. The van der Waals surface area contributed by atoms with Crippen LogP contribution in [0.1, 0.15) is 43.4 Å². The topological polar surface area (TPSA) is 26.0 Å². The van der Waals surface area contributed by atoms with Crippen molar-refractivity contribution in [2.75, 3.05) is 0 Å². The molecule has 1 unspecified atom stereocenters. The van der Waals surface area contributed by atoms with Gasteiger partial charge < -0.3 is 5.73 Å². The summed E-state index contributed by atoms with van der Waals surface area (Å²) in [4.78, 5) is 0. The molecule has 1 fully saturated rings. The van der Waals surface area contributed by atoms with Crippen molar-refractivity contribution < 1.29 is 0 Å². The first-order valence-electron chi connectivity index (χ1n) is 5.60. The molecule has 2 N–H and O–H groups in total. The van der Waals surface area contributed by atoms with Crippen LogP contribution in [0.3, 0.4) is 0 Å². The summed E-state index contributed by atoms with van der Waals surface area (Å²) in [6.45, 7) is 2.03. The van der Waals surface area contributed by atoms with Crippen molar-refractivity contribution in [2.24, 2.45) is 11.7 Å². The lowest BCUT2D eigenvalue weighted by molar-refractivity contribution is 0.725. The van der Waals surface area contributed by atoms with Crippen molar-refractivity contribution in [3.63, 3.8) is 0 Å². The van der Waals surface area contributed by atoms with Gasteiger partial charge in [-0.25, -0.2) is 0 Å². The average molecular weight is 189 g/mol. The van der Waals surface area contributed by atoms with E-state index in [9.17, 15) is 0 Å². The molecule has 0 aromatic heterocycles. The van der Waals surface area contributed by atoms with Crippen LogP contribution < -0.4 is 5.73 Å². The molecule has 0 saturated heterocycles. The van der Waals surface area contributed by atoms with Gasteiger partial charge in [-0.15, -0.1) is 0 Å². The van der Waals surface area contributed by atoms with Crippen LogP contribution in [-0.4, -0.2) is 0 Å². The van der Waals surface area contributed by atoms with Gasteiger partial charge in [0.05, 0.1) is 0 Å². The first-order chi connectivity index (χ1) is 6.75. The molecule has 0 spiro atoms. The van der Waals surface area contributed by atoms with E-state index in [0.29, 0.717) is 0 Å². The second-order valence-corrected chi connectivity index (χ2v) is 4.51. The molecule has 0 aliphatic heterocycles. The van der Waals surface area contributed by atoms with Crippen LogP contribution >= 0.6 is 0 Å². The molecule has 1 atom stereocenters. The van der Waals surface area contributed by atoms with E-state index in [4.69, 9.17) is 5.73 Å². The Bertz CT molecular complexity index is 283. The van der Waals surface area contributed by atoms with E-state index in [0.717, 1.165) is 5.92 Å². The van der Waals surface area contributed by atoms with Crippen LogP contribution in [0.2, 0.25) is 0 Å². The molecule has 1 nitrogen and oxygen atoms in total. The minimum absolute atomic E-state index is 0.160. The van der Waals surface area contributed by atoms with Crippen molar-refractivity contribution >= 4 is 0 Å². The predicted molar refractivity (Wildman–Crippen MR) is 60.1 cm³/mol. The molecule has 1 aromatic rings. The highest BCUT2D eigenvalue weighted by molar-refractivity contribution is 5.24. The van der Waals surface area contributed by atoms with Crippen LogP contribution in [0.4, 0.5) is 0 Å². The van der Waals surface area contributed by atoms with Crippen molar-refractivity contribution in [1.29, 1.82) is 0 Å². The minimum Gasteiger partial charge on any atom is -0.324 e. The molecule has 0 radical (unpaired) electrons. The highest BCUT2D eigenvalue weighted by atomic mass is 14.6. The molecule has 0 amide bonds. The minimum atomic E-state index is 0.160. The van der Waals surface area contributed by atoms with E-state index in [1.807, 2.05) is 6.92 Å². The zero-order valence-corrected chi connectivity index (χ0v) is 8.87. The number of aryl methyl sites for hydroxylation is 1. The fourth-order valence-corrected chi connectivity index (χ4v) is 1.77. The van der Waals surface area contributed by atoms with Crippen molar-refractivity contribution in [2.45, 2.75) is 38.6 Å². The Morgan fingerprint density at radius 2 is 1.93 bits per heavy atom. The first-order valence-corrected chi connectivity index (χ1v) is 5.60. The summed E-state index contributed by atoms with van der Waals surface area (Å²) in [5.74, 6) is 1.03. The van der Waals surface area contributed by atoms with Crippen LogP contribution in [-0.2, 0) is 6.42 Å². The van der Waals surface area contributed by atoms with E-state index >= 15 is 0 Å². The Labute approximate surface area is 86.3 Å². The predicted octanol–water partition coefficient (Wildman–Crippen LogP) is 3.05. The number of hydrogen-bond donors (Lipinski definition) is 1. The van der Waals surface area contributed by atoms with Crippen molar-refractivity contribution in [3.05, 3.63) is 35.4 Å². The number of rotatable bonds is 4. The Hall–Kier alpha value is -0.820. The maximum Gasteiger partial charge on any atom is 0.0266 e. The Morgan fingerprint density at radius 1 is 1.29 bits per heavy atom. The van der Waals surface area contributed by atoms with Crippen LogP contribution in [0.15, 0.2) is 24.3 Å². The van der Waals surface area contributed by atoms with Gasteiger partial charge in [-0.3, -0.25) is 0 Å². The standard InChI is InChI=1S/C13H19N/c1-10(14)13-8-6-12(7-9-13)5-4-11-2-3-11/h6-11H,2-5,14H2,1H3. The van der Waals surface area contributed by atoms with Gasteiger partial charge in [-0.1, -0.05) is 37.1 Å². The van der Waals surface area contributed by atoms with Crippen molar-refractivity contribution in [1.82, 2.24) is 0 Å². The van der Waals surface area contributed by atoms with Crippen LogP contribution in [0.5, 0.6) is 0 Å². The largest absolute Gasteiger partial charge is 0.324 e. The zero-order valence-electron chi connectivity index (χ0n) is 8.87. The molecular formula is C13H19N. The highest BCUT2D eigenvalue weighted by Crippen LogP contribution is 2.33. The third-order valence-electron chi connectivity index (χ3n) is 3.04. The summed E-state index contributed by atoms with van der Waals surface area (Å²) in [6, 6.07) is 8.93. The fraction of sp³-hybridized carbons (Fsp3) is 0.538. The van der Waals surface area contributed by atoms with Gasteiger partial charge >= 0.3 is 0 Å². The third-order valence-corrected chi connectivity index (χ3v) is 3.04. The molecule has 1 saturated carbocycles. The number of benzene rings is 1. The van der Waals surface area contributed by atoms with Gasteiger partial charge in [0.1, 0.15) is 0 Å². The zero-order chi connectivity index (χ0) is 9.97. The number of hydrogen-bond acceptors (Lipinski definition) is 1. The van der Waals surface area contributed by atoms with Crippen LogP contribution in [0.25, 0.3) is 0 Å². The molecule has 1 heteroatoms. The quantitative estimate of drug-likeness (QED) is 0.774. The van der Waals surface area contributed by atoms with Gasteiger partial charge in [0.2, 0.25) is 0 Å². The molecule has 1 aliphatic rings. The molecule has 0 bridgehead atoms. The average Bonchev–Trinajstić information content (AvgIpc) is 2.99. The van der Waals surface area contributed by atoms with Gasteiger partial charge in [0.15, 0.2) is 0 Å². The normalized spacial score (nSPS) is 18.1. The summed E-state index contributed by atoms with van der Waals surface area (Å²) in [6.07, 6.45) is 5.53. The van der Waals surface area contributed by atoms with Gasteiger partial charge in [-0.2, -0.15) is 0 Å². The Kier molecular flexibility index (Phi) is 2.87. The number of nitrogens with two attached hydrogens (primary N) is 1. The Morgan fingerprint density at radius 3 is 2.43 bits per heavy atom. The molecule has 1 aromatic carbocycles. The van der Waals surface area contributed by atoms with Gasteiger partial charge in [-0.05, 0) is 36.8 Å². The SMILES string of the molecule is CC(N)c1ccc(CCC2CC2)cc1. The molecule has 1 aliphatic carbocycles. The van der Waals surface area contributed by atoms with Gasteiger partial charge in [0.25, 0.3) is 0 Å². The summed E-state index contributed by atoms with van der Waals surface area (Å²) in [5, 5.41) is 0. The lowest BCUT2D eigenvalue weighted by Crippen LogP contribution is -2.04. The highest BCUT2D eigenvalue weighted by Gasteiger charge is 2.20. The molecule has 2 rings (SSSR count). The summed E-state index contributed by atoms with van der Waals surface area (Å²) in [7, 11) is 0. The first kappa shape index (κ1) is 9.72. The van der Waals surface area contributed by atoms with E-state index < -0.39 is 0 Å². The second-order valence-electron chi connectivity index (χ2n) is 4.51. The summed E-state index contributed by atoms with van der Waals surface area (Å²) < 4.78 is 0. The molecule has 76 valence electrons. The summed E-state index contributed by atoms with van der Waals surface area (Å²) in [5.41, 5.74) is 8.49. The molecule has 0 heterocycles. The van der Waals surface area contributed by atoms with E-state index in [1.54, 1.807) is 0 Å². The molecule has 14 heavy (non-hydrogen) atoms. The monoisotopic (exact) mass is 189 g/mol. The lowest BCUT2D eigenvalue weighted by Gasteiger charge is -2.06. The third kappa shape index (κ3) is 2.58. The van der Waals surface area contributed by atoms with E-state index in [1.165, 1.54) is 36.8 Å². The van der Waals surface area contributed by atoms with E-state index in [2.05, 4.69) is 24.3 Å². The lowest BCUT2D eigenvalue weighted by atomic mass is 10.0. The Balaban J connectivity index is 1.91. The van der Waals surface area contributed by atoms with Crippen molar-refractivity contribution in [3.8, 4) is 0 Å². The van der Waals surface area contributed by atoms with Gasteiger partial charge in [0, 0.05) is 6.04 Å². The maximum absolute atomic E-state index is 5.80. The van der Waals surface area contributed by atoms with E-state index in [-0.39, 0.29) is 6.04 Å². The second kappa shape index (κ2) is 4.14. The smallest absolute Gasteiger partial charge is 0.0266 e. The maximum atomic E-state index is 5.80.